The van der Waals surface area contributed by atoms with Crippen LogP contribution in [0.25, 0.3) is 0 Å². The summed E-state index contributed by atoms with van der Waals surface area (Å²) < 4.78 is 0. The molecule has 1 aliphatic heterocycles. The first-order valence-electron chi connectivity index (χ1n) is 8.19. The van der Waals surface area contributed by atoms with E-state index in [4.69, 9.17) is 15.9 Å². The molecule has 1 aliphatic carbocycles. The number of carboxylic acid groups (broad SMARTS) is 2. The van der Waals surface area contributed by atoms with Crippen LogP contribution in [0.2, 0.25) is 0 Å². The van der Waals surface area contributed by atoms with Gasteiger partial charge in [-0.05, 0) is 25.7 Å². The van der Waals surface area contributed by atoms with E-state index in [-0.39, 0.29) is 17.9 Å². The molecule has 0 aromatic carbocycles. The number of amides is 1. The van der Waals surface area contributed by atoms with Crippen molar-refractivity contribution in [2.75, 3.05) is 13.1 Å². The van der Waals surface area contributed by atoms with E-state index in [0.29, 0.717) is 12.2 Å². The molecule has 8 nitrogen and oxygen atoms in total. The normalized spacial score (nSPS) is 25.0. The van der Waals surface area contributed by atoms with Crippen LogP contribution in [-0.2, 0) is 14.4 Å². The number of carbonyl (C=O) groups is 3. The Morgan fingerprint density at radius 1 is 0.958 bits per heavy atom. The number of likely N-dealkylation sites (tertiary alicyclic amines) is 1. The van der Waals surface area contributed by atoms with Gasteiger partial charge in [0.05, 0.1) is 12.1 Å². The van der Waals surface area contributed by atoms with Crippen LogP contribution in [0.3, 0.4) is 0 Å². The number of aliphatic carboxylic acids is 2. The fourth-order valence-electron chi connectivity index (χ4n) is 3.03. The first-order chi connectivity index (χ1) is 11.3. The van der Waals surface area contributed by atoms with Crippen LogP contribution >= 0.6 is 0 Å². The SMILES string of the molecule is N[C@H](C(=O)N1CCCC1)[C@@H]1CCCC[C@H]1O.O=C(O)/C=C/C(=O)O. The van der Waals surface area contributed by atoms with Crippen LogP contribution in [-0.4, -0.2) is 63.3 Å². The molecule has 136 valence electrons. The number of carboxylic acids is 2. The predicted molar refractivity (Wildman–Crippen MR) is 86.2 cm³/mol. The van der Waals surface area contributed by atoms with Gasteiger partial charge in [0.2, 0.25) is 5.91 Å². The Kier molecular flexibility index (Phi) is 8.42. The number of aliphatic hydroxyl groups excluding tert-OH is 1. The Bertz CT molecular complexity index is 457. The second kappa shape index (κ2) is 10.0. The molecular formula is C16H26N2O6. The molecule has 8 heteroatoms. The molecule has 2 rings (SSSR count). The molecule has 1 amide bonds. The van der Waals surface area contributed by atoms with Crippen molar-refractivity contribution >= 4 is 17.8 Å². The van der Waals surface area contributed by atoms with Crippen molar-refractivity contribution in [3.63, 3.8) is 0 Å². The average molecular weight is 342 g/mol. The number of aliphatic hydroxyl groups is 1. The van der Waals surface area contributed by atoms with E-state index in [2.05, 4.69) is 0 Å². The zero-order valence-electron chi connectivity index (χ0n) is 13.6. The third-order valence-corrected chi connectivity index (χ3v) is 4.31. The summed E-state index contributed by atoms with van der Waals surface area (Å²) in [6.07, 6.45) is 6.75. The molecule has 2 aliphatic rings. The minimum Gasteiger partial charge on any atom is -0.478 e. The molecule has 1 saturated heterocycles. The summed E-state index contributed by atoms with van der Waals surface area (Å²) in [6, 6.07) is -0.492. The number of nitrogens with zero attached hydrogens (tertiary/aromatic N) is 1. The molecule has 0 unspecified atom stereocenters. The van der Waals surface area contributed by atoms with Gasteiger partial charge in [0.15, 0.2) is 0 Å². The Morgan fingerprint density at radius 2 is 1.46 bits per heavy atom. The molecular weight excluding hydrogens is 316 g/mol. The molecule has 0 radical (unpaired) electrons. The number of hydrogen-bond donors (Lipinski definition) is 4. The van der Waals surface area contributed by atoms with E-state index in [1.165, 1.54) is 0 Å². The van der Waals surface area contributed by atoms with Gasteiger partial charge in [0, 0.05) is 31.2 Å². The van der Waals surface area contributed by atoms with Crippen molar-refractivity contribution in [3.05, 3.63) is 12.2 Å². The summed E-state index contributed by atoms with van der Waals surface area (Å²) in [5, 5.41) is 25.5. The van der Waals surface area contributed by atoms with E-state index in [1.54, 1.807) is 0 Å². The standard InChI is InChI=1S/C12H22N2O2.C4H4O4/c13-11(9-5-1-2-6-10(9)15)12(16)14-7-3-4-8-14;5-3(6)1-2-4(7)8/h9-11,15H,1-8,13H2;1-2H,(H,5,6)(H,7,8)/b;2-1+/t9-,10-,11+;/m1./s1. The molecule has 5 N–H and O–H groups in total. The van der Waals surface area contributed by atoms with Crippen LogP contribution < -0.4 is 5.73 Å². The summed E-state index contributed by atoms with van der Waals surface area (Å²) in [7, 11) is 0. The van der Waals surface area contributed by atoms with Crippen LogP contribution in [0, 0.1) is 5.92 Å². The number of carbonyl (C=O) groups excluding carboxylic acids is 1. The summed E-state index contributed by atoms with van der Waals surface area (Å²) in [6.45, 7) is 1.69. The Hall–Kier alpha value is -1.93. The van der Waals surface area contributed by atoms with E-state index in [0.717, 1.165) is 51.6 Å². The minimum atomic E-state index is -1.26. The Labute approximate surface area is 140 Å². The molecule has 0 spiro atoms. The van der Waals surface area contributed by atoms with Crippen molar-refractivity contribution in [1.29, 1.82) is 0 Å². The average Bonchev–Trinajstić information content (AvgIpc) is 3.07. The molecule has 0 aromatic rings. The highest BCUT2D eigenvalue weighted by molar-refractivity contribution is 5.89. The number of nitrogens with two attached hydrogens (primary N) is 1. The highest BCUT2D eigenvalue weighted by atomic mass is 16.4. The number of hydrogen-bond acceptors (Lipinski definition) is 5. The van der Waals surface area contributed by atoms with Gasteiger partial charge in [-0.15, -0.1) is 0 Å². The molecule has 2 fully saturated rings. The van der Waals surface area contributed by atoms with Gasteiger partial charge in [-0.2, -0.15) is 0 Å². The van der Waals surface area contributed by atoms with E-state index in [9.17, 15) is 19.5 Å². The van der Waals surface area contributed by atoms with Crippen molar-refractivity contribution in [2.24, 2.45) is 11.7 Å². The zero-order chi connectivity index (χ0) is 18.1. The van der Waals surface area contributed by atoms with Crippen molar-refractivity contribution in [2.45, 2.75) is 50.7 Å². The Morgan fingerprint density at radius 3 is 1.92 bits per heavy atom. The van der Waals surface area contributed by atoms with Crippen LogP contribution in [0.5, 0.6) is 0 Å². The highest BCUT2D eigenvalue weighted by Crippen LogP contribution is 2.27. The monoisotopic (exact) mass is 342 g/mol. The highest BCUT2D eigenvalue weighted by Gasteiger charge is 2.35. The van der Waals surface area contributed by atoms with E-state index < -0.39 is 18.0 Å². The lowest BCUT2D eigenvalue weighted by Crippen LogP contribution is -2.50. The molecule has 0 bridgehead atoms. The van der Waals surface area contributed by atoms with Crippen molar-refractivity contribution in [3.8, 4) is 0 Å². The summed E-state index contributed by atoms with van der Waals surface area (Å²) in [5.74, 6) is -2.50. The van der Waals surface area contributed by atoms with Crippen LogP contribution in [0.1, 0.15) is 38.5 Å². The minimum absolute atomic E-state index is 0.0261. The first-order valence-corrected chi connectivity index (χ1v) is 8.19. The van der Waals surface area contributed by atoms with Gasteiger partial charge < -0.3 is 26.0 Å². The van der Waals surface area contributed by atoms with Crippen LogP contribution in [0.4, 0.5) is 0 Å². The van der Waals surface area contributed by atoms with Crippen LogP contribution in [0.15, 0.2) is 12.2 Å². The van der Waals surface area contributed by atoms with Gasteiger partial charge in [-0.1, -0.05) is 12.8 Å². The molecule has 3 atom stereocenters. The second-order valence-electron chi connectivity index (χ2n) is 6.08. The maximum absolute atomic E-state index is 12.1. The lowest BCUT2D eigenvalue weighted by molar-refractivity contribution is -0.134. The van der Waals surface area contributed by atoms with Gasteiger partial charge in [0.25, 0.3) is 0 Å². The second-order valence-corrected chi connectivity index (χ2v) is 6.08. The summed E-state index contributed by atoms with van der Waals surface area (Å²) in [4.78, 5) is 33.0. The molecule has 24 heavy (non-hydrogen) atoms. The third kappa shape index (κ3) is 6.67. The summed E-state index contributed by atoms with van der Waals surface area (Å²) >= 11 is 0. The fraction of sp³-hybridized carbons (Fsp3) is 0.688. The first kappa shape index (κ1) is 20.1. The van der Waals surface area contributed by atoms with Gasteiger partial charge >= 0.3 is 11.9 Å². The number of rotatable bonds is 4. The van der Waals surface area contributed by atoms with Gasteiger partial charge in [0.1, 0.15) is 0 Å². The maximum Gasteiger partial charge on any atom is 0.328 e. The smallest absolute Gasteiger partial charge is 0.328 e. The fourth-order valence-corrected chi connectivity index (χ4v) is 3.03. The third-order valence-electron chi connectivity index (χ3n) is 4.31. The van der Waals surface area contributed by atoms with Gasteiger partial charge in [-0.25, -0.2) is 9.59 Å². The largest absolute Gasteiger partial charge is 0.478 e. The quantitative estimate of drug-likeness (QED) is 0.535. The lowest BCUT2D eigenvalue weighted by atomic mass is 9.81. The predicted octanol–water partition coefficient (Wildman–Crippen LogP) is 0.199. The van der Waals surface area contributed by atoms with E-state index in [1.807, 2.05) is 4.90 Å². The molecule has 1 saturated carbocycles. The lowest BCUT2D eigenvalue weighted by Gasteiger charge is -2.33. The Balaban J connectivity index is 0.000000307. The molecule has 0 aromatic heterocycles. The maximum atomic E-state index is 12.1. The van der Waals surface area contributed by atoms with Crippen molar-refractivity contribution < 1.29 is 29.7 Å². The van der Waals surface area contributed by atoms with Crippen molar-refractivity contribution in [1.82, 2.24) is 4.90 Å². The van der Waals surface area contributed by atoms with E-state index >= 15 is 0 Å². The topological polar surface area (TPSA) is 141 Å². The summed E-state index contributed by atoms with van der Waals surface area (Å²) in [5.41, 5.74) is 6.01. The van der Waals surface area contributed by atoms with Gasteiger partial charge in [-0.3, -0.25) is 4.79 Å². The zero-order valence-corrected chi connectivity index (χ0v) is 13.6. The molecule has 1 heterocycles.